The molecule has 0 saturated carbocycles. The van der Waals surface area contributed by atoms with Gasteiger partial charge in [0.2, 0.25) is 0 Å². The fourth-order valence-corrected chi connectivity index (χ4v) is 3.08. The molecule has 0 bridgehead atoms. The molecule has 2 N–H and O–H groups in total. The Balaban J connectivity index is 1.52. The quantitative estimate of drug-likeness (QED) is 0.911. The van der Waals surface area contributed by atoms with E-state index >= 15 is 0 Å². The average Bonchev–Trinajstić information content (AvgIpc) is 2.84. The van der Waals surface area contributed by atoms with Crippen LogP contribution >= 0.6 is 0 Å². The fourth-order valence-electron chi connectivity index (χ4n) is 3.08. The van der Waals surface area contributed by atoms with Gasteiger partial charge in [-0.15, -0.1) is 0 Å². The number of urea groups is 1. The molecule has 1 aliphatic carbocycles. The Labute approximate surface area is 131 Å². The number of carbonyl (C=O) groups is 1. The lowest BCUT2D eigenvalue weighted by Crippen LogP contribution is -2.39. The third-order valence-electron chi connectivity index (χ3n) is 4.24. The minimum absolute atomic E-state index is 0.0948. The highest BCUT2D eigenvalue weighted by molar-refractivity contribution is 5.74. The lowest BCUT2D eigenvalue weighted by Gasteiger charge is -2.19. The summed E-state index contributed by atoms with van der Waals surface area (Å²) < 4.78 is 0. The third kappa shape index (κ3) is 3.27. The van der Waals surface area contributed by atoms with Crippen molar-refractivity contribution in [3.05, 3.63) is 65.5 Å². The van der Waals surface area contributed by atoms with Gasteiger partial charge >= 0.3 is 6.03 Å². The van der Waals surface area contributed by atoms with Crippen molar-refractivity contribution in [3.8, 4) is 0 Å². The highest BCUT2D eigenvalue weighted by atomic mass is 16.2. The number of hydrogen-bond donors (Lipinski definition) is 2. The molecular formula is C18H21N3O. The smallest absolute Gasteiger partial charge is 0.315 e. The maximum atomic E-state index is 12.1. The standard InChI is InChI=1S/C18H21N3O/c1-13-12-15-4-2-3-5-16(15)17(13)21-18(22)20-11-8-14-6-9-19-10-7-14/h2-7,9-10,13,17H,8,11-12H2,1H3,(H2,20,21,22)/t13-,17-/m0/s1. The predicted octanol–water partition coefficient (Wildman–Crippen LogP) is 2.86. The van der Waals surface area contributed by atoms with Crippen molar-refractivity contribution in [1.29, 1.82) is 0 Å². The summed E-state index contributed by atoms with van der Waals surface area (Å²) in [5.74, 6) is 0.434. The van der Waals surface area contributed by atoms with Gasteiger partial charge in [0, 0.05) is 18.9 Å². The van der Waals surface area contributed by atoms with Crippen LogP contribution in [0.3, 0.4) is 0 Å². The van der Waals surface area contributed by atoms with Crippen LogP contribution < -0.4 is 10.6 Å². The van der Waals surface area contributed by atoms with Crippen molar-refractivity contribution in [2.75, 3.05) is 6.54 Å². The van der Waals surface area contributed by atoms with E-state index in [1.54, 1.807) is 12.4 Å². The second-order valence-corrected chi connectivity index (χ2v) is 5.86. The van der Waals surface area contributed by atoms with Gasteiger partial charge < -0.3 is 10.6 Å². The molecule has 4 nitrogen and oxygen atoms in total. The highest BCUT2D eigenvalue weighted by Gasteiger charge is 2.29. The fraction of sp³-hybridized carbons (Fsp3) is 0.333. The first kappa shape index (κ1) is 14.6. The largest absolute Gasteiger partial charge is 0.338 e. The van der Waals surface area contributed by atoms with Gasteiger partial charge in [-0.05, 0) is 47.6 Å². The number of fused-ring (bicyclic) bond motifs is 1. The first-order valence-corrected chi connectivity index (χ1v) is 7.75. The van der Waals surface area contributed by atoms with Gasteiger partial charge in [-0.2, -0.15) is 0 Å². The van der Waals surface area contributed by atoms with Crippen molar-refractivity contribution in [1.82, 2.24) is 15.6 Å². The SMILES string of the molecule is C[C@H]1Cc2ccccc2[C@H]1NC(=O)NCCc1ccncc1. The first-order valence-electron chi connectivity index (χ1n) is 7.75. The zero-order chi connectivity index (χ0) is 15.4. The van der Waals surface area contributed by atoms with Crippen LogP contribution in [0.1, 0.15) is 29.7 Å². The third-order valence-corrected chi connectivity index (χ3v) is 4.24. The molecule has 114 valence electrons. The molecule has 4 heteroatoms. The van der Waals surface area contributed by atoms with Crippen molar-refractivity contribution in [2.45, 2.75) is 25.8 Å². The van der Waals surface area contributed by atoms with Gasteiger partial charge in [-0.25, -0.2) is 4.79 Å². The minimum Gasteiger partial charge on any atom is -0.338 e. The molecule has 0 aliphatic heterocycles. The number of carbonyl (C=O) groups excluding carboxylic acids is 1. The molecule has 1 heterocycles. The average molecular weight is 295 g/mol. The van der Waals surface area contributed by atoms with Crippen molar-refractivity contribution < 1.29 is 4.79 Å². The normalized spacial score (nSPS) is 19.5. The van der Waals surface area contributed by atoms with Crippen molar-refractivity contribution >= 4 is 6.03 Å². The second-order valence-electron chi connectivity index (χ2n) is 5.86. The molecule has 2 amide bonds. The van der Waals surface area contributed by atoms with E-state index in [1.165, 1.54) is 16.7 Å². The van der Waals surface area contributed by atoms with Gasteiger partial charge in [-0.1, -0.05) is 31.2 Å². The maximum absolute atomic E-state index is 12.1. The van der Waals surface area contributed by atoms with Crippen LogP contribution in [0.15, 0.2) is 48.8 Å². The maximum Gasteiger partial charge on any atom is 0.315 e. The second kappa shape index (κ2) is 6.60. The first-order chi connectivity index (χ1) is 10.7. The number of pyridine rings is 1. The molecule has 1 aromatic heterocycles. The zero-order valence-corrected chi connectivity index (χ0v) is 12.8. The lowest BCUT2D eigenvalue weighted by molar-refractivity contribution is 0.234. The molecule has 3 rings (SSSR count). The summed E-state index contributed by atoms with van der Waals surface area (Å²) in [4.78, 5) is 16.1. The van der Waals surface area contributed by atoms with Gasteiger partial charge in [0.15, 0.2) is 0 Å². The molecule has 2 atom stereocenters. The number of rotatable bonds is 4. The van der Waals surface area contributed by atoms with E-state index in [2.05, 4.69) is 40.7 Å². The molecule has 0 radical (unpaired) electrons. The monoisotopic (exact) mass is 295 g/mol. The summed E-state index contributed by atoms with van der Waals surface area (Å²) in [7, 11) is 0. The van der Waals surface area contributed by atoms with E-state index in [0.717, 1.165) is 12.8 Å². The molecule has 2 aromatic rings. The van der Waals surface area contributed by atoms with Crippen LogP contribution in [0.5, 0.6) is 0 Å². The van der Waals surface area contributed by atoms with E-state index in [9.17, 15) is 4.79 Å². The number of nitrogens with zero attached hydrogens (tertiary/aromatic N) is 1. The Morgan fingerprint density at radius 1 is 1.23 bits per heavy atom. The molecule has 0 saturated heterocycles. The van der Waals surface area contributed by atoms with E-state index < -0.39 is 0 Å². The lowest BCUT2D eigenvalue weighted by atomic mass is 10.0. The van der Waals surface area contributed by atoms with Gasteiger partial charge in [-0.3, -0.25) is 4.98 Å². The predicted molar refractivity (Wildman–Crippen MR) is 86.5 cm³/mol. The molecular weight excluding hydrogens is 274 g/mol. The van der Waals surface area contributed by atoms with E-state index in [0.29, 0.717) is 12.5 Å². The topological polar surface area (TPSA) is 54.0 Å². The van der Waals surface area contributed by atoms with Crippen LogP contribution in [0.4, 0.5) is 4.79 Å². The van der Waals surface area contributed by atoms with E-state index in [4.69, 9.17) is 0 Å². The summed E-state index contributed by atoms with van der Waals surface area (Å²) >= 11 is 0. The Morgan fingerprint density at radius 3 is 2.82 bits per heavy atom. The van der Waals surface area contributed by atoms with Gasteiger partial charge in [0.25, 0.3) is 0 Å². The van der Waals surface area contributed by atoms with E-state index in [-0.39, 0.29) is 12.1 Å². The summed E-state index contributed by atoms with van der Waals surface area (Å²) in [6.45, 7) is 2.81. The molecule has 0 spiro atoms. The number of amides is 2. The minimum atomic E-state index is -0.0948. The molecule has 1 aromatic carbocycles. The summed E-state index contributed by atoms with van der Waals surface area (Å²) in [5, 5.41) is 6.05. The Hall–Kier alpha value is -2.36. The molecule has 0 fully saturated rings. The number of aromatic nitrogens is 1. The van der Waals surface area contributed by atoms with Crippen LogP contribution in [0, 0.1) is 5.92 Å². The van der Waals surface area contributed by atoms with Crippen molar-refractivity contribution in [3.63, 3.8) is 0 Å². The Morgan fingerprint density at radius 2 is 2.00 bits per heavy atom. The molecule has 1 aliphatic rings. The Kier molecular flexibility index (Phi) is 4.37. The van der Waals surface area contributed by atoms with Gasteiger partial charge in [0.1, 0.15) is 0 Å². The molecule has 22 heavy (non-hydrogen) atoms. The van der Waals surface area contributed by atoms with Crippen LogP contribution in [-0.2, 0) is 12.8 Å². The highest BCUT2D eigenvalue weighted by Crippen LogP contribution is 2.35. The van der Waals surface area contributed by atoms with Crippen LogP contribution in [0.25, 0.3) is 0 Å². The Bertz CT molecular complexity index is 642. The van der Waals surface area contributed by atoms with Gasteiger partial charge in [0.05, 0.1) is 6.04 Å². The van der Waals surface area contributed by atoms with Crippen LogP contribution in [0.2, 0.25) is 0 Å². The van der Waals surface area contributed by atoms with E-state index in [1.807, 2.05) is 18.2 Å². The number of benzene rings is 1. The number of hydrogen-bond acceptors (Lipinski definition) is 2. The summed E-state index contributed by atoms with van der Waals surface area (Å²) in [5.41, 5.74) is 3.77. The van der Waals surface area contributed by atoms with Crippen molar-refractivity contribution in [2.24, 2.45) is 5.92 Å². The summed E-state index contributed by atoms with van der Waals surface area (Å²) in [6, 6.07) is 12.3. The number of nitrogens with one attached hydrogen (secondary N) is 2. The molecule has 0 unspecified atom stereocenters. The van der Waals surface area contributed by atoms with Crippen LogP contribution in [-0.4, -0.2) is 17.6 Å². The zero-order valence-electron chi connectivity index (χ0n) is 12.8. The summed E-state index contributed by atoms with van der Waals surface area (Å²) in [6.07, 6.45) is 5.38.